The van der Waals surface area contributed by atoms with Crippen LogP contribution in [0.5, 0.6) is 0 Å². The van der Waals surface area contributed by atoms with Crippen LogP contribution in [0.15, 0.2) is 42.7 Å². The Balaban J connectivity index is 1.52. The van der Waals surface area contributed by atoms with Crippen LogP contribution < -0.4 is 4.90 Å². The summed E-state index contributed by atoms with van der Waals surface area (Å²) < 4.78 is 0. The van der Waals surface area contributed by atoms with Gasteiger partial charge in [0.25, 0.3) is 5.69 Å². The van der Waals surface area contributed by atoms with E-state index in [9.17, 15) is 15.2 Å². The number of nitrogens with zero attached hydrogens (tertiary/aromatic N) is 5. The smallest absolute Gasteiger partial charge is 0.269 e. The van der Waals surface area contributed by atoms with Gasteiger partial charge in [-0.2, -0.15) is 0 Å². The van der Waals surface area contributed by atoms with Gasteiger partial charge < -0.3 is 15.0 Å². The Bertz CT molecular complexity index is 998. The van der Waals surface area contributed by atoms with Crippen LogP contribution in [0.3, 0.4) is 0 Å². The summed E-state index contributed by atoms with van der Waals surface area (Å²) in [7, 11) is 0. The third kappa shape index (κ3) is 4.16. The van der Waals surface area contributed by atoms with E-state index in [1.165, 1.54) is 12.1 Å². The molecule has 4 rings (SSSR count). The number of non-ortho nitro benzene ring substituents is 1. The van der Waals surface area contributed by atoms with Crippen molar-refractivity contribution in [1.82, 2.24) is 19.9 Å². The molecule has 9 heteroatoms. The molecule has 156 valence electrons. The van der Waals surface area contributed by atoms with Gasteiger partial charge in [0.05, 0.1) is 4.92 Å². The van der Waals surface area contributed by atoms with Crippen LogP contribution >= 0.6 is 0 Å². The fourth-order valence-electron chi connectivity index (χ4n) is 3.79. The summed E-state index contributed by atoms with van der Waals surface area (Å²) in [4.78, 5) is 29.2. The van der Waals surface area contributed by atoms with E-state index in [0.717, 1.165) is 49.4 Å². The zero-order chi connectivity index (χ0) is 21.1. The van der Waals surface area contributed by atoms with Gasteiger partial charge in [0, 0.05) is 54.9 Å². The maximum Gasteiger partial charge on any atom is 0.269 e. The fraction of sp³-hybridized carbons (Fsp3) is 0.381. The number of H-pyrrole nitrogens is 1. The molecule has 3 heterocycles. The quantitative estimate of drug-likeness (QED) is 0.474. The topological polar surface area (TPSA) is 121 Å². The molecular formula is C21H24N6O3. The van der Waals surface area contributed by atoms with Gasteiger partial charge in [-0.15, -0.1) is 0 Å². The van der Waals surface area contributed by atoms with Crippen molar-refractivity contribution in [3.8, 4) is 11.4 Å². The van der Waals surface area contributed by atoms with Crippen molar-refractivity contribution in [2.45, 2.75) is 32.3 Å². The molecule has 9 nitrogen and oxygen atoms in total. The van der Waals surface area contributed by atoms with Crippen molar-refractivity contribution < 1.29 is 10.0 Å². The minimum Gasteiger partial charge on any atom is -0.385 e. The molecule has 30 heavy (non-hydrogen) atoms. The number of benzene rings is 1. The molecular weight excluding hydrogens is 384 g/mol. The monoisotopic (exact) mass is 408 g/mol. The van der Waals surface area contributed by atoms with E-state index >= 15 is 0 Å². The van der Waals surface area contributed by atoms with Crippen LogP contribution in [-0.2, 0) is 6.42 Å². The van der Waals surface area contributed by atoms with Gasteiger partial charge in [-0.3, -0.25) is 10.1 Å². The Kier molecular flexibility index (Phi) is 5.71. The Morgan fingerprint density at radius 3 is 2.60 bits per heavy atom. The van der Waals surface area contributed by atoms with Crippen molar-refractivity contribution in [3.05, 3.63) is 64.4 Å². The zero-order valence-electron chi connectivity index (χ0n) is 16.7. The molecule has 1 aliphatic rings. The van der Waals surface area contributed by atoms with E-state index in [0.29, 0.717) is 11.6 Å². The number of aliphatic hydroxyl groups excluding tert-OH is 1. The molecule has 1 aliphatic heterocycles. The lowest BCUT2D eigenvalue weighted by atomic mass is 9.91. The van der Waals surface area contributed by atoms with Gasteiger partial charge in [-0.25, -0.2) is 15.0 Å². The number of hydrogen-bond donors (Lipinski definition) is 2. The van der Waals surface area contributed by atoms with Gasteiger partial charge in [0.1, 0.15) is 17.7 Å². The number of rotatable bonds is 6. The summed E-state index contributed by atoms with van der Waals surface area (Å²) in [5.41, 5.74) is 1.72. The molecule has 0 saturated carbocycles. The first kappa shape index (κ1) is 20.0. The minimum atomic E-state index is -0.588. The third-order valence-electron chi connectivity index (χ3n) is 5.57. The van der Waals surface area contributed by atoms with Gasteiger partial charge >= 0.3 is 0 Å². The van der Waals surface area contributed by atoms with Crippen molar-refractivity contribution >= 4 is 11.5 Å². The van der Waals surface area contributed by atoms with Crippen molar-refractivity contribution in [2.75, 3.05) is 18.0 Å². The minimum absolute atomic E-state index is 0.0443. The summed E-state index contributed by atoms with van der Waals surface area (Å²) in [6.45, 7) is 3.60. The lowest BCUT2D eigenvalue weighted by molar-refractivity contribution is -0.384. The summed E-state index contributed by atoms with van der Waals surface area (Å²) in [5.74, 6) is 2.18. The largest absolute Gasteiger partial charge is 0.385 e. The van der Waals surface area contributed by atoms with Crippen LogP contribution in [0.4, 0.5) is 11.5 Å². The van der Waals surface area contributed by atoms with Gasteiger partial charge in [-0.1, -0.05) is 6.92 Å². The molecule has 2 N–H and O–H groups in total. The molecule has 0 bridgehead atoms. The predicted molar refractivity (Wildman–Crippen MR) is 112 cm³/mol. The summed E-state index contributed by atoms with van der Waals surface area (Å²) in [6, 6.07) is 8.31. The normalized spacial score (nSPS) is 15.9. The number of aryl methyl sites for hydroxylation is 1. The van der Waals surface area contributed by atoms with E-state index < -0.39 is 11.0 Å². The zero-order valence-corrected chi connectivity index (χ0v) is 16.7. The number of aromatic amines is 1. The molecule has 2 aromatic heterocycles. The highest BCUT2D eigenvalue weighted by Gasteiger charge is 2.28. The Morgan fingerprint density at radius 1 is 1.27 bits per heavy atom. The van der Waals surface area contributed by atoms with Gasteiger partial charge in [-0.05, 0) is 37.3 Å². The average molecular weight is 408 g/mol. The maximum atomic E-state index is 10.9. The fourth-order valence-corrected chi connectivity index (χ4v) is 3.79. The second kappa shape index (κ2) is 8.58. The van der Waals surface area contributed by atoms with E-state index in [1.807, 2.05) is 13.0 Å². The van der Waals surface area contributed by atoms with Crippen LogP contribution in [-0.4, -0.2) is 43.1 Å². The summed E-state index contributed by atoms with van der Waals surface area (Å²) >= 11 is 0. The molecule has 1 atom stereocenters. The number of nitro benzene ring substituents is 1. The van der Waals surface area contributed by atoms with E-state index in [1.54, 1.807) is 24.5 Å². The van der Waals surface area contributed by atoms with Crippen LogP contribution in [0.2, 0.25) is 0 Å². The van der Waals surface area contributed by atoms with Crippen LogP contribution in [0.25, 0.3) is 11.4 Å². The molecule has 1 fully saturated rings. The Labute approximate surface area is 174 Å². The highest BCUT2D eigenvalue weighted by Crippen LogP contribution is 2.31. The molecule has 0 spiro atoms. The standard InChI is InChI=1S/C21H24N6O3/c1-2-16-13-18(25-20(24-16)15-3-5-17(6-4-15)27(29)30)26-11-7-14(8-12-26)19(28)21-22-9-10-23-21/h3-6,9-10,13-14,19,28H,2,7-8,11-12H2,1H3,(H,22,23). The highest BCUT2D eigenvalue weighted by atomic mass is 16.6. The lowest BCUT2D eigenvalue weighted by Gasteiger charge is -2.34. The van der Waals surface area contributed by atoms with E-state index in [-0.39, 0.29) is 11.6 Å². The molecule has 1 saturated heterocycles. The first-order valence-corrected chi connectivity index (χ1v) is 10.1. The Hall–Kier alpha value is -3.33. The van der Waals surface area contributed by atoms with Crippen LogP contribution in [0, 0.1) is 16.0 Å². The lowest BCUT2D eigenvalue weighted by Crippen LogP contribution is -2.36. The third-order valence-corrected chi connectivity index (χ3v) is 5.57. The number of nitrogens with one attached hydrogen (secondary N) is 1. The first-order valence-electron chi connectivity index (χ1n) is 10.1. The molecule has 0 amide bonds. The average Bonchev–Trinajstić information content (AvgIpc) is 3.33. The maximum absolute atomic E-state index is 10.9. The second-order valence-electron chi connectivity index (χ2n) is 7.44. The van der Waals surface area contributed by atoms with Gasteiger partial charge in [0.15, 0.2) is 5.82 Å². The van der Waals surface area contributed by atoms with Crippen molar-refractivity contribution in [1.29, 1.82) is 0 Å². The van der Waals surface area contributed by atoms with Crippen LogP contribution in [0.1, 0.15) is 37.4 Å². The highest BCUT2D eigenvalue weighted by molar-refractivity contribution is 5.60. The number of aliphatic hydroxyl groups is 1. The number of piperidine rings is 1. The van der Waals surface area contributed by atoms with Crippen molar-refractivity contribution in [3.63, 3.8) is 0 Å². The summed E-state index contributed by atoms with van der Waals surface area (Å²) in [5, 5.41) is 21.4. The number of anilines is 1. The number of hydrogen-bond acceptors (Lipinski definition) is 7. The number of nitro groups is 1. The SMILES string of the molecule is CCc1cc(N2CCC(C(O)c3ncc[nH]3)CC2)nc(-c2ccc([N+](=O)[O-])cc2)n1. The molecule has 0 radical (unpaired) electrons. The van der Waals surface area contributed by atoms with Crippen molar-refractivity contribution in [2.24, 2.45) is 5.92 Å². The second-order valence-corrected chi connectivity index (χ2v) is 7.44. The van der Waals surface area contributed by atoms with Gasteiger partial charge in [0.2, 0.25) is 0 Å². The molecule has 1 aromatic carbocycles. The van der Waals surface area contributed by atoms with E-state index in [2.05, 4.69) is 19.9 Å². The Morgan fingerprint density at radius 2 is 2.00 bits per heavy atom. The molecule has 1 unspecified atom stereocenters. The molecule has 3 aromatic rings. The number of imidazole rings is 1. The first-order chi connectivity index (χ1) is 14.5. The predicted octanol–water partition coefficient (Wildman–Crippen LogP) is 3.29. The van der Waals surface area contributed by atoms with E-state index in [4.69, 9.17) is 4.98 Å². The summed E-state index contributed by atoms with van der Waals surface area (Å²) in [6.07, 6.45) is 5.22. The molecule has 0 aliphatic carbocycles. The number of aromatic nitrogens is 4.